The van der Waals surface area contributed by atoms with Crippen molar-refractivity contribution in [2.24, 2.45) is 16.9 Å². The lowest BCUT2D eigenvalue weighted by Gasteiger charge is -2.31. The molecule has 11 nitrogen and oxygen atoms in total. The third-order valence-corrected chi connectivity index (χ3v) is 8.68. The Kier molecular flexibility index (Phi) is 7.92. The summed E-state index contributed by atoms with van der Waals surface area (Å²) in [5, 5.41) is 8.32. The van der Waals surface area contributed by atoms with Crippen molar-refractivity contribution in [3.8, 4) is 17.1 Å². The van der Waals surface area contributed by atoms with Crippen LogP contribution in [0.4, 0.5) is 0 Å². The molecule has 0 unspecified atom stereocenters. The molecule has 0 bridgehead atoms. The van der Waals surface area contributed by atoms with Gasteiger partial charge in [0.2, 0.25) is 15.5 Å². The molecule has 1 aliphatic heterocycles. The van der Waals surface area contributed by atoms with E-state index in [1.165, 1.54) is 16.8 Å². The Balaban J connectivity index is 1.77. The van der Waals surface area contributed by atoms with Crippen molar-refractivity contribution < 1.29 is 13.2 Å². The van der Waals surface area contributed by atoms with E-state index in [1.807, 2.05) is 14.0 Å². The number of benzene rings is 1. The summed E-state index contributed by atoms with van der Waals surface area (Å²) in [5.74, 6) is 6.57. The van der Waals surface area contributed by atoms with Gasteiger partial charge in [0.05, 0.1) is 17.1 Å². The van der Waals surface area contributed by atoms with Gasteiger partial charge in [0.25, 0.3) is 5.56 Å². The first-order valence-corrected chi connectivity index (χ1v) is 13.7. The van der Waals surface area contributed by atoms with E-state index in [4.69, 9.17) is 10.6 Å². The van der Waals surface area contributed by atoms with Crippen LogP contribution >= 0.6 is 0 Å². The maximum Gasteiger partial charge on any atom is 0.296 e. The summed E-state index contributed by atoms with van der Waals surface area (Å²) < 4.78 is 35.6. The van der Waals surface area contributed by atoms with Crippen molar-refractivity contribution in [3.05, 3.63) is 34.0 Å². The molecule has 4 rings (SSSR count). The van der Waals surface area contributed by atoms with Gasteiger partial charge < -0.3 is 20.5 Å². The highest BCUT2D eigenvalue weighted by Gasteiger charge is 2.29. The van der Waals surface area contributed by atoms with Crippen molar-refractivity contribution in [2.75, 3.05) is 39.8 Å². The van der Waals surface area contributed by atoms with E-state index in [0.717, 1.165) is 25.7 Å². The molecule has 2 fully saturated rings. The first kappa shape index (κ1) is 25.4. The maximum absolute atomic E-state index is 13.4. The smallest absolute Gasteiger partial charge is 0.296 e. The van der Waals surface area contributed by atoms with Crippen molar-refractivity contribution in [3.63, 3.8) is 0 Å². The minimum atomic E-state index is -3.72. The van der Waals surface area contributed by atoms with Crippen LogP contribution in [-0.4, -0.2) is 72.2 Å². The van der Waals surface area contributed by atoms with Crippen molar-refractivity contribution in [2.45, 2.75) is 50.5 Å². The molecule has 192 valence electrons. The number of H-pyrrole nitrogens is 1. The first-order valence-electron chi connectivity index (χ1n) is 12.2. The van der Waals surface area contributed by atoms with E-state index >= 15 is 0 Å². The number of nitrogens with two attached hydrogens (primary N) is 1. The van der Waals surface area contributed by atoms with Crippen LogP contribution in [0, 0.1) is 5.92 Å². The molecule has 35 heavy (non-hydrogen) atoms. The fourth-order valence-electron chi connectivity index (χ4n) is 4.78. The van der Waals surface area contributed by atoms with Gasteiger partial charge in [0.1, 0.15) is 5.75 Å². The van der Waals surface area contributed by atoms with Crippen molar-refractivity contribution in [1.82, 2.24) is 24.0 Å². The fraction of sp³-hybridized carbons (Fsp3) is 0.609. The Morgan fingerprint density at radius 2 is 1.89 bits per heavy atom. The van der Waals surface area contributed by atoms with Gasteiger partial charge in [-0.3, -0.25) is 4.79 Å². The molecular weight excluding hydrogens is 470 g/mol. The predicted molar refractivity (Wildman–Crippen MR) is 132 cm³/mol. The van der Waals surface area contributed by atoms with Gasteiger partial charge in [-0.1, -0.05) is 19.3 Å². The minimum Gasteiger partial charge on any atom is -0.493 e. The Morgan fingerprint density at radius 3 is 2.54 bits per heavy atom. The van der Waals surface area contributed by atoms with Crippen molar-refractivity contribution >= 4 is 10.0 Å². The van der Waals surface area contributed by atoms with Gasteiger partial charge in [0.15, 0.2) is 5.82 Å². The number of aromatic nitrogens is 3. The average Bonchev–Trinajstić information content (AvgIpc) is 2.85. The van der Waals surface area contributed by atoms with Crippen LogP contribution in [0.1, 0.15) is 39.0 Å². The second kappa shape index (κ2) is 10.9. The van der Waals surface area contributed by atoms with Gasteiger partial charge >= 0.3 is 0 Å². The zero-order valence-electron chi connectivity index (χ0n) is 20.4. The van der Waals surface area contributed by atoms with Crippen LogP contribution in [0.5, 0.6) is 5.75 Å². The van der Waals surface area contributed by atoms with E-state index in [9.17, 15) is 13.2 Å². The minimum absolute atomic E-state index is 0.0403. The van der Waals surface area contributed by atoms with Gasteiger partial charge in [-0.15, -0.1) is 0 Å². The molecule has 0 radical (unpaired) electrons. The summed E-state index contributed by atoms with van der Waals surface area (Å²) in [4.78, 5) is 17.8. The highest BCUT2D eigenvalue weighted by molar-refractivity contribution is 7.89. The highest BCUT2D eigenvalue weighted by atomic mass is 32.2. The number of rotatable bonds is 7. The molecule has 3 N–H and O–H groups in total. The van der Waals surface area contributed by atoms with Gasteiger partial charge in [-0.2, -0.15) is 14.5 Å². The van der Waals surface area contributed by atoms with E-state index in [0.29, 0.717) is 56.6 Å². The summed E-state index contributed by atoms with van der Waals surface area (Å²) in [7, 11) is -1.74. The molecule has 0 spiro atoms. The third kappa shape index (κ3) is 5.60. The van der Waals surface area contributed by atoms with Crippen LogP contribution < -0.4 is 21.6 Å². The molecule has 1 saturated carbocycles. The average molecular weight is 506 g/mol. The number of hydrogen-bond donors (Lipinski definition) is 2. The predicted octanol–water partition coefficient (Wildman–Crippen LogP) is 0.928. The molecule has 1 saturated heterocycles. The standard InChI is InChI=1S/C23H35N7O4S/c1-3-34-20-10-9-18(35(32,33)29-13-11-28(2)12-14-29)15-19(20)21-25-23(31)22(26-24)30(27-21)16-17-7-5-4-6-8-17/h9-10,15,17H,3-8,11-14,16,24H2,1-2H3,(H,25,27,31)/b26-22-. The van der Waals surface area contributed by atoms with E-state index in [2.05, 4.69) is 20.1 Å². The molecular formula is C23H35N7O4S. The monoisotopic (exact) mass is 505 g/mol. The Bertz CT molecular complexity index is 1260. The number of likely N-dealkylation sites (N-methyl/N-ethyl adjacent to an activating group) is 1. The lowest BCUT2D eigenvalue weighted by Crippen LogP contribution is -2.47. The van der Waals surface area contributed by atoms with Crippen LogP contribution in [-0.2, 0) is 16.6 Å². The number of nitrogens with zero attached hydrogens (tertiary/aromatic N) is 5. The van der Waals surface area contributed by atoms with Gasteiger partial charge in [-0.05, 0) is 50.9 Å². The zero-order valence-corrected chi connectivity index (χ0v) is 21.3. The summed E-state index contributed by atoms with van der Waals surface area (Å²) >= 11 is 0. The van der Waals surface area contributed by atoms with Crippen molar-refractivity contribution in [1.29, 1.82) is 0 Å². The second-order valence-corrected chi connectivity index (χ2v) is 11.2. The van der Waals surface area contributed by atoms with Crippen LogP contribution in [0.2, 0.25) is 0 Å². The largest absolute Gasteiger partial charge is 0.493 e. The lowest BCUT2D eigenvalue weighted by atomic mass is 9.89. The van der Waals surface area contributed by atoms with Crippen LogP contribution in [0.15, 0.2) is 33.0 Å². The Hall–Kier alpha value is -2.70. The maximum atomic E-state index is 13.4. The van der Waals surface area contributed by atoms with Gasteiger partial charge in [-0.25, -0.2) is 13.1 Å². The topological polar surface area (TPSA) is 139 Å². The quantitative estimate of drug-likeness (QED) is 0.421. The number of aromatic amines is 1. The SMILES string of the molecule is CCOc1ccc(S(=O)(=O)N2CCN(C)CC2)cc1-c1nn(CC2CCCCC2)/c(=N\N)c(=O)[nH]1. The number of ether oxygens (including phenoxy) is 1. The van der Waals surface area contributed by atoms with E-state index in [1.54, 1.807) is 16.8 Å². The number of sulfonamides is 1. The molecule has 0 atom stereocenters. The van der Waals surface area contributed by atoms with Crippen LogP contribution in [0.3, 0.4) is 0 Å². The molecule has 0 amide bonds. The number of piperazine rings is 1. The summed E-state index contributed by atoms with van der Waals surface area (Å²) in [5.41, 5.74) is -0.0401. The fourth-order valence-corrected chi connectivity index (χ4v) is 6.22. The summed E-state index contributed by atoms with van der Waals surface area (Å²) in [6.45, 7) is 4.92. The molecule has 12 heteroatoms. The molecule has 2 heterocycles. The summed E-state index contributed by atoms with van der Waals surface area (Å²) in [6.07, 6.45) is 5.64. The Morgan fingerprint density at radius 1 is 1.17 bits per heavy atom. The van der Waals surface area contributed by atoms with E-state index in [-0.39, 0.29) is 16.2 Å². The van der Waals surface area contributed by atoms with E-state index < -0.39 is 15.6 Å². The third-order valence-electron chi connectivity index (χ3n) is 6.78. The summed E-state index contributed by atoms with van der Waals surface area (Å²) in [6, 6.07) is 4.69. The first-order chi connectivity index (χ1) is 16.8. The number of nitrogens with one attached hydrogen (secondary N) is 1. The van der Waals surface area contributed by atoms with Crippen LogP contribution in [0.25, 0.3) is 11.4 Å². The number of hydrogen-bond acceptors (Lipinski definition) is 8. The molecule has 2 aliphatic rings. The normalized spacial score (nSPS) is 19.2. The Labute approximate surface area is 205 Å². The zero-order chi connectivity index (χ0) is 25.0. The molecule has 1 aromatic heterocycles. The lowest BCUT2D eigenvalue weighted by molar-refractivity contribution is 0.222. The highest BCUT2D eigenvalue weighted by Crippen LogP contribution is 2.31. The molecule has 1 aliphatic carbocycles. The molecule has 1 aromatic carbocycles. The molecule has 2 aromatic rings. The van der Waals surface area contributed by atoms with Gasteiger partial charge in [0, 0.05) is 32.7 Å². The second-order valence-electron chi connectivity index (χ2n) is 9.24.